The number of carboxylic acids is 1. The lowest BCUT2D eigenvalue weighted by molar-refractivity contribution is -0.139. The van der Waals surface area contributed by atoms with Crippen molar-refractivity contribution in [2.24, 2.45) is 0 Å². The molecule has 0 aliphatic rings. The van der Waals surface area contributed by atoms with Crippen molar-refractivity contribution >= 4 is 12.0 Å². The third-order valence-electron chi connectivity index (χ3n) is 2.50. The number of carboxylic acid groups (broad SMARTS) is 1. The molecule has 0 aromatic carbocycles. The molecule has 0 saturated carbocycles. The third kappa shape index (κ3) is 4.92. The lowest BCUT2D eigenvalue weighted by atomic mass is 10.2. The topological polar surface area (TPSA) is 112 Å². The molecule has 7 heteroatoms. The molecule has 0 bridgehead atoms. The normalized spacial score (nSPS) is 13.4. The summed E-state index contributed by atoms with van der Waals surface area (Å²) in [6, 6.07) is 3.25. The van der Waals surface area contributed by atoms with Gasteiger partial charge in [-0.15, -0.1) is 0 Å². The van der Waals surface area contributed by atoms with Gasteiger partial charge in [-0.3, -0.25) is 4.98 Å². The molecule has 0 radical (unpaired) electrons. The van der Waals surface area contributed by atoms with Gasteiger partial charge in [0.1, 0.15) is 6.04 Å². The number of aliphatic hydroxyl groups is 1. The number of nitrogens with zero attached hydrogens (tertiary/aromatic N) is 1. The maximum Gasteiger partial charge on any atom is 0.326 e. The molecule has 0 aliphatic carbocycles. The molecule has 0 fully saturated rings. The molecule has 2 amide bonds. The van der Waals surface area contributed by atoms with E-state index in [2.05, 4.69) is 15.6 Å². The van der Waals surface area contributed by atoms with Crippen LogP contribution in [0.2, 0.25) is 0 Å². The fraction of sp³-hybridized carbons (Fsp3) is 0.417. The number of urea groups is 1. The van der Waals surface area contributed by atoms with Crippen LogP contribution in [0.1, 0.15) is 25.1 Å². The van der Waals surface area contributed by atoms with Crippen LogP contribution in [0.15, 0.2) is 24.4 Å². The summed E-state index contributed by atoms with van der Waals surface area (Å²) < 4.78 is 0. The zero-order chi connectivity index (χ0) is 14.3. The Morgan fingerprint density at radius 1 is 1.37 bits per heavy atom. The van der Waals surface area contributed by atoms with Crippen LogP contribution in [0.25, 0.3) is 0 Å². The monoisotopic (exact) mass is 267 g/mol. The quantitative estimate of drug-likeness (QED) is 0.591. The Bertz CT molecular complexity index is 424. The van der Waals surface area contributed by atoms with Gasteiger partial charge in [-0.25, -0.2) is 9.59 Å². The molecule has 19 heavy (non-hydrogen) atoms. The zero-order valence-corrected chi connectivity index (χ0v) is 10.5. The van der Waals surface area contributed by atoms with Crippen molar-refractivity contribution in [1.29, 1.82) is 0 Å². The Hall–Kier alpha value is -2.15. The number of aromatic nitrogens is 1. The van der Waals surface area contributed by atoms with E-state index in [0.717, 1.165) is 0 Å². The van der Waals surface area contributed by atoms with Gasteiger partial charge >= 0.3 is 12.0 Å². The predicted molar refractivity (Wildman–Crippen MR) is 67.4 cm³/mol. The van der Waals surface area contributed by atoms with Gasteiger partial charge in [0, 0.05) is 19.2 Å². The summed E-state index contributed by atoms with van der Waals surface area (Å²) in [4.78, 5) is 26.5. The van der Waals surface area contributed by atoms with Crippen LogP contribution in [0.5, 0.6) is 0 Å². The highest BCUT2D eigenvalue weighted by atomic mass is 16.4. The molecule has 1 heterocycles. The second-order valence-electron chi connectivity index (χ2n) is 4.00. The number of hydrogen-bond donors (Lipinski definition) is 4. The van der Waals surface area contributed by atoms with Crippen molar-refractivity contribution in [2.75, 3.05) is 6.61 Å². The van der Waals surface area contributed by atoms with Crippen LogP contribution < -0.4 is 10.6 Å². The van der Waals surface area contributed by atoms with Gasteiger partial charge in [0.15, 0.2) is 0 Å². The number of carbonyl (C=O) groups is 2. The average Bonchev–Trinajstić information content (AvgIpc) is 2.39. The molecule has 0 aliphatic heterocycles. The highest BCUT2D eigenvalue weighted by Crippen LogP contribution is 2.07. The first-order chi connectivity index (χ1) is 9.04. The highest BCUT2D eigenvalue weighted by molar-refractivity contribution is 5.82. The van der Waals surface area contributed by atoms with Crippen molar-refractivity contribution in [3.05, 3.63) is 30.1 Å². The van der Waals surface area contributed by atoms with Crippen molar-refractivity contribution in [2.45, 2.75) is 25.4 Å². The number of aliphatic carboxylic acids is 1. The zero-order valence-electron chi connectivity index (χ0n) is 10.5. The second-order valence-corrected chi connectivity index (χ2v) is 4.00. The molecule has 1 rings (SSSR count). The Labute approximate surface area is 110 Å². The molecular weight excluding hydrogens is 250 g/mol. The molecule has 2 atom stereocenters. The van der Waals surface area contributed by atoms with Crippen LogP contribution in [0.4, 0.5) is 4.79 Å². The smallest absolute Gasteiger partial charge is 0.326 e. The number of carbonyl (C=O) groups excluding carboxylic acids is 1. The first kappa shape index (κ1) is 14.9. The maximum atomic E-state index is 11.6. The Morgan fingerprint density at radius 2 is 2.11 bits per heavy atom. The molecule has 2 unspecified atom stereocenters. The summed E-state index contributed by atoms with van der Waals surface area (Å²) in [6.45, 7) is 1.43. The minimum Gasteiger partial charge on any atom is -0.480 e. The van der Waals surface area contributed by atoms with Crippen LogP contribution in [0, 0.1) is 0 Å². The van der Waals surface area contributed by atoms with Crippen molar-refractivity contribution in [3.63, 3.8) is 0 Å². The van der Waals surface area contributed by atoms with E-state index in [1.165, 1.54) is 0 Å². The maximum absolute atomic E-state index is 11.6. The summed E-state index contributed by atoms with van der Waals surface area (Å²) >= 11 is 0. The van der Waals surface area contributed by atoms with Gasteiger partial charge in [-0.1, -0.05) is 6.07 Å². The molecule has 1 aromatic rings. The molecule has 7 nitrogen and oxygen atoms in total. The largest absolute Gasteiger partial charge is 0.480 e. The molecule has 4 N–H and O–H groups in total. The number of amides is 2. The molecule has 104 valence electrons. The van der Waals surface area contributed by atoms with E-state index in [1.807, 2.05) is 0 Å². The fourth-order valence-electron chi connectivity index (χ4n) is 1.49. The Kier molecular flexibility index (Phi) is 5.74. The second kappa shape index (κ2) is 7.32. The fourth-order valence-corrected chi connectivity index (χ4v) is 1.49. The lowest BCUT2D eigenvalue weighted by Gasteiger charge is -2.17. The summed E-state index contributed by atoms with van der Waals surface area (Å²) in [5.74, 6) is -1.19. The van der Waals surface area contributed by atoms with Crippen LogP contribution in [-0.4, -0.2) is 39.8 Å². The van der Waals surface area contributed by atoms with E-state index in [0.29, 0.717) is 5.69 Å². The van der Waals surface area contributed by atoms with E-state index < -0.39 is 18.0 Å². The molecule has 1 aromatic heterocycles. The first-order valence-corrected chi connectivity index (χ1v) is 5.86. The van der Waals surface area contributed by atoms with Gasteiger partial charge < -0.3 is 20.8 Å². The summed E-state index contributed by atoms with van der Waals surface area (Å²) in [6.07, 6.45) is 1.57. The van der Waals surface area contributed by atoms with E-state index in [1.54, 1.807) is 31.3 Å². The van der Waals surface area contributed by atoms with Gasteiger partial charge in [0.2, 0.25) is 0 Å². The number of rotatable bonds is 6. The number of nitrogens with one attached hydrogen (secondary N) is 2. The van der Waals surface area contributed by atoms with E-state index in [9.17, 15) is 9.59 Å². The lowest BCUT2D eigenvalue weighted by Crippen LogP contribution is -2.47. The van der Waals surface area contributed by atoms with Gasteiger partial charge in [0.05, 0.1) is 11.7 Å². The third-order valence-corrected chi connectivity index (χ3v) is 2.50. The highest BCUT2D eigenvalue weighted by Gasteiger charge is 2.20. The van der Waals surface area contributed by atoms with Crippen LogP contribution in [-0.2, 0) is 4.79 Å². The van der Waals surface area contributed by atoms with Crippen LogP contribution in [0.3, 0.4) is 0 Å². The van der Waals surface area contributed by atoms with Crippen molar-refractivity contribution < 1.29 is 19.8 Å². The van der Waals surface area contributed by atoms with Gasteiger partial charge in [0.25, 0.3) is 0 Å². The minimum atomic E-state index is -1.19. The SMILES string of the molecule is CC(NC(=O)NC(CCO)C(=O)O)c1ccccn1. The van der Waals surface area contributed by atoms with Gasteiger partial charge in [-0.05, 0) is 19.1 Å². The predicted octanol–water partition coefficient (Wildman–Crippen LogP) is 0.277. The number of aliphatic hydroxyl groups excluding tert-OH is 1. The van der Waals surface area contributed by atoms with Gasteiger partial charge in [-0.2, -0.15) is 0 Å². The Morgan fingerprint density at radius 3 is 2.63 bits per heavy atom. The standard InChI is InChI=1S/C12H17N3O4/c1-8(9-4-2-3-6-13-9)14-12(19)15-10(5-7-16)11(17)18/h2-4,6,8,10,16H,5,7H2,1H3,(H,17,18)(H2,14,15,19). The molecule has 0 spiro atoms. The van der Waals surface area contributed by atoms with E-state index >= 15 is 0 Å². The van der Waals surface area contributed by atoms with Crippen LogP contribution >= 0.6 is 0 Å². The Balaban J connectivity index is 2.52. The summed E-state index contributed by atoms with van der Waals surface area (Å²) in [7, 11) is 0. The summed E-state index contributed by atoms with van der Waals surface area (Å²) in [5.41, 5.74) is 0.673. The number of hydrogen-bond acceptors (Lipinski definition) is 4. The average molecular weight is 267 g/mol. The van der Waals surface area contributed by atoms with E-state index in [4.69, 9.17) is 10.2 Å². The number of pyridine rings is 1. The summed E-state index contributed by atoms with van der Waals surface area (Å²) in [5, 5.41) is 22.4. The van der Waals surface area contributed by atoms with E-state index in [-0.39, 0.29) is 19.1 Å². The molecule has 0 saturated heterocycles. The van der Waals surface area contributed by atoms with Crippen molar-refractivity contribution in [3.8, 4) is 0 Å². The molecular formula is C12H17N3O4. The first-order valence-electron chi connectivity index (χ1n) is 5.86. The minimum absolute atomic E-state index is 0.0410. The van der Waals surface area contributed by atoms with Crippen molar-refractivity contribution in [1.82, 2.24) is 15.6 Å².